The number of amides is 1. The molecule has 1 amide bonds. The lowest BCUT2D eigenvalue weighted by Crippen LogP contribution is -2.47. The fraction of sp³-hybridized carbons (Fsp3) is 0.909. The highest BCUT2D eigenvalue weighted by Gasteiger charge is 2.25. The number of aliphatic hydroxyl groups is 1. The van der Waals surface area contributed by atoms with Crippen molar-refractivity contribution in [3.63, 3.8) is 0 Å². The van der Waals surface area contributed by atoms with Crippen LogP contribution < -0.4 is 5.32 Å². The third kappa shape index (κ3) is 4.18. The minimum atomic E-state index is -0.802. The molecule has 0 radical (unpaired) electrons. The van der Waals surface area contributed by atoms with Gasteiger partial charge in [0.2, 0.25) is 5.91 Å². The quantitative estimate of drug-likeness (QED) is 0.688. The van der Waals surface area contributed by atoms with E-state index in [2.05, 4.69) is 5.32 Å². The lowest BCUT2D eigenvalue weighted by Gasteiger charge is -2.32. The Morgan fingerprint density at radius 3 is 2.47 bits per heavy atom. The van der Waals surface area contributed by atoms with E-state index in [9.17, 15) is 9.90 Å². The molecule has 4 nitrogen and oxygen atoms in total. The van der Waals surface area contributed by atoms with E-state index in [4.69, 9.17) is 0 Å². The molecule has 1 aliphatic rings. The Morgan fingerprint density at radius 1 is 1.53 bits per heavy atom. The molecule has 1 rings (SSSR count). The zero-order valence-corrected chi connectivity index (χ0v) is 9.92. The molecule has 1 fully saturated rings. The van der Waals surface area contributed by atoms with Gasteiger partial charge in [-0.2, -0.15) is 0 Å². The molecule has 15 heavy (non-hydrogen) atoms. The monoisotopic (exact) mass is 214 g/mol. The summed E-state index contributed by atoms with van der Waals surface area (Å²) in [5, 5.41) is 12.8. The van der Waals surface area contributed by atoms with Gasteiger partial charge in [0.1, 0.15) is 0 Å². The van der Waals surface area contributed by atoms with Gasteiger partial charge in [0.05, 0.1) is 5.60 Å². The first kappa shape index (κ1) is 12.5. The molecule has 4 heteroatoms. The van der Waals surface area contributed by atoms with E-state index in [1.54, 1.807) is 18.7 Å². The van der Waals surface area contributed by atoms with Gasteiger partial charge in [-0.25, -0.2) is 0 Å². The van der Waals surface area contributed by atoms with Crippen LogP contribution in [0.3, 0.4) is 0 Å². The van der Waals surface area contributed by atoms with Crippen molar-refractivity contribution in [3.05, 3.63) is 0 Å². The van der Waals surface area contributed by atoms with E-state index in [1.807, 2.05) is 6.92 Å². The Morgan fingerprint density at radius 2 is 2.13 bits per heavy atom. The van der Waals surface area contributed by atoms with E-state index < -0.39 is 5.60 Å². The molecule has 1 aliphatic heterocycles. The van der Waals surface area contributed by atoms with Gasteiger partial charge in [-0.15, -0.1) is 0 Å². The molecule has 0 aromatic carbocycles. The fourth-order valence-corrected chi connectivity index (χ4v) is 1.71. The van der Waals surface area contributed by atoms with E-state index in [0.29, 0.717) is 25.4 Å². The van der Waals surface area contributed by atoms with E-state index >= 15 is 0 Å². The summed E-state index contributed by atoms with van der Waals surface area (Å²) in [5.41, 5.74) is -0.802. The summed E-state index contributed by atoms with van der Waals surface area (Å²) in [6.45, 7) is 8.40. The van der Waals surface area contributed by atoms with Gasteiger partial charge in [-0.05, 0) is 39.8 Å². The fourth-order valence-electron chi connectivity index (χ4n) is 1.71. The highest BCUT2D eigenvalue weighted by molar-refractivity contribution is 5.76. The summed E-state index contributed by atoms with van der Waals surface area (Å²) in [6.07, 6.45) is 0.608. The molecule has 0 spiro atoms. The molecule has 0 atom stereocenters. The van der Waals surface area contributed by atoms with Crippen LogP contribution in [0.1, 0.15) is 27.2 Å². The van der Waals surface area contributed by atoms with Crippen LogP contribution in [0.25, 0.3) is 0 Å². The van der Waals surface area contributed by atoms with Crippen LogP contribution in [0.4, 0.5) is 0 Å². The number of nitrogens with zero attached hydrogens (tertiary/aromatic N) is 1. The summed E-state index contributed by atoms with van der Waals surface area (Å²) in [7, 11) is 0. The second kappa shape index (κ2) is 4.94. The number of hydrogen-bond acceptors (Lipinski definition) is 3. The Bertz CT molecular complexity index is 219. The van der Waals surface area contributed by atoms with Crippen molar-refractivity contribution in [1.29, 1.82) is 0 Å². The minimum Gasteiger partial charge on any atom is -0.389 e. The van der Waals surface area contributed by atoms with Crippen molar-refractivity contribution in [1.82, 2.24) is 10.2 Å². The summed E-state index contributed by atoms with van der Waals surface area (Å²) < 4.78 is 0. The zero-order valence-electron chi connectivity index (χ0n) is 9.92. The van der Waals surface area contributed by atoms with Crippen LogP contribution in [0.5, 0.6) is 0 Å². The van der Waals surface area contributed by atoms with E-state index in [1.165, 1.54) is 0 Å². The molecule has 0 aromatic heterocycles. The maximum absolute atomic E-state index is 11.8. The highest BCUT2D eigenvalue weighted by Crippen LogP contribution is 2.12. The van der Waals surface area contributed by atoms with Crippen LogP contribution in [0.15, 0.2) is 0 Å². The topological polar surface area (TPSA) is 52.6 Å². The van der Waals surface area contributed by atoms with E-state index in [0.717, 1.165) is 13.1 Å². The van der Waals surface area contributed by atoms with Crippen LogP contribution in [0.2, 0.25) is 0 Å². The summed E-state index contributed by atoms with van der Waals surface area (Å²) in [6, 6.07) is 0. The predicted molar refractivity (Wildman–Crippen MR) is 59.5 cm³/mol. The molecule has 2 N–H and O–H groups in total. The Balaban J connectivity index is 2.38. The Kier molecular flexibility index (Phi) is 4.11. The molecular formula is C11H22N2O2. The number of rotatable bonds is 5. The van der Waals surface area contributed by atoms with Gasteiger partial charge in [0, 0.05) is 19.5 Å². The van der Waals surface area contributed by atoms with Crippen molar-refractivity contribution in [2.45, 2.75) is 32.8 Å². The standard InChI is InChI=1S/C11H22N2O2/c1-4-13(8-11(2,3)15)10(14)5-9-6-12-7-9/h9,12,15H,4-8H2,1-3H3. The van der Waals surface area contributed by atoms with Crippen molar-refractivity contribution in [2.24, 2.45) is 5.92 Å². The zero-order chi connectivity index (χ0) is 11.5. The van der Waals surface area contributed by atoms with Crippen molar-refractivity contribution in [2.75, 3.05) is 26.2 Å². The number of likely N-dealkylation sites (N-methyl/N-ethyl adjacent to an activating group) is 1. The van der Waals surface area contributed by atoms with Gasteiger partial charge in [-0.3, -0.25) is 4.79 Å². The van der Waals surface area contributed by atoms with Crippen LogP contribution >= 0.6 is 0 Å². The van der Waals surface area contributed by atoms with Gasteiger partial charge < -0.3 is 15.3 Å². The molecular weight excluding hydrogens is 192 g/mol. The average Bonchev–Trinajstić information content (AvgIpc) is 2.05. The van der Waals surface area contributed by atoms with E-state index in [-0.39, 0.29) is 5.91 Å². The van der Waals surface area contributed by atoms with Crippen molar-refractivity contribution in [3.8, 4) is 0 Å². The Labute approximate surface area is 91.6 Å². The van der Waals surface area contributed by atoms with Crippen LogP contribution in [0, 0.1) is 5.92 Å². The molecule has 88 valence electrons. The Hall–Kier alpha value is -0.610. The maximum atomic E-state index is 11.8. The number of nitrogens with one attached hydrogen (secondary N) is 1. The van der Waals surface area contributed by atoms with Gasteiger partial charge in [-0.1, -0.05) is 0 Å². The molecule has 0 aliphatic carbocycles. The van der Waals surface area contributed by atoms with Crippen molar-refractivity contribution >= 4 is 5.91 Å². The van der Waals surface area contributed by atoms with Gasteiger partial charge in [0.25, 0.3) is 0 Å². The number of carbonyl (C=O) groups is 1. The third-order valence-electron chi connectivity index (χ3n) is 2.64. The van der Waals surface area contributed by atoms with Gasteiger partial charge >= 0.3 is 0 Å². The predicted octanol–water partition coefficient (Wildman–Crippen LogP) is 0.215. The first-order chi connectivity index (χ1) is 6.92. The second-order valence-corrected chi connectivity index (χ2v) is 4.95. The lowest BCUT2D eigenvalue weighted by atomic mass is 9.98. The molecule has 0 saturated carbocycles. The average molecular weight is 214 g/mol. The normalized spacial score (nSPS) is 17.3. The first-order valence-electron chi connectivity index (χ1n) is 5.63. The smallest absolute Gasteiger partial charge is 0.223 e. The molecule has 0 unspecified atom stereocenters. The first-order valence-corrected chi connectivity index (χ1v) is 5.63. The number of hydrogen-bond donors (Lipinski definition) is 2. The molecule has 0 bridgehead atoms. The summed E-state index contributed by atoms with van der Waals surface area (Å²) in [4.78, 5) is 13.6. The summed E-state index contributed by atoms with van der Waals surface area (Å²) >= 11 is 0. The maximum Gasteiger partial charge on any atom is 0.223 e. The number of carbonyl (C=O) groups excluding carboxylic acids is 1. The lowest BCUT2D eigenvalue weighted by molar-refractivity contribution is -0.135. The van der Waals surface area contributed by atoms with Crippen LogP contribution in [-0.2, 0) is 4.79 Å². The molecule has 0 aromatic rings. The highest BCUT2D eigenvalue weighted by atomic mass is 16.3. The third-order valence-corrected chi connectivity index (χ3v) is 2.64. The van der Waals surface area contributed by atoms with Crippen molar-refractivity contribution < 1.29 is 9.90 Å². The second-order valence-electron chi connectivity index (χ2n) is 4.95. The summed E-state index contributed by atoms with van der Waals surface area (Å²) in [5.74, 6) is 0.652. The SMILES string of the molecule is CCN(CC(C)(C)O)C(=O)CC1CNC1. The minimum absolute atomic E-state index is 0.158. The molecule has 1 heterocycles. The van der Waals surface area contributed by atoms with Gasteiger partial charge in [0.15, 0.2) is 0 Å². The largest absolute Gasteiger partial charge is 0.389 e. The molecule has 1 saturated heterocycles. The van der Waals surface area contributed by atoms with Crippen LogP contribution in [-0.4, -0.2) is 47.7 Å².